The summed E-state index contributed by atoms with van der Waals surface area (Å²) < 4.78 is 5.10. The maximum Gasteiger partial charge on any atom is 0.318 e. The van der Waals surface area contributed by atoms with Crippen molar-refractivity contribution in [1.82, 2.24) is 15.1 Å². The average molecular weight is 335 g/mol. The number of nitrogens with zero attached hydrogens (tertiary/aromatic N) is 2. The van der Waals surface area contributed by atoms with Gasteiger partial charge in [-0.15, -0.1) is 0 Å². The number of carbonyl (C=O) groups excluding carboxylic acids is 2. The minimum atomic E-state index is -0.507. The topological polar surface area (TPSA) is 82.1 Å². The van der Waals surface area contributed by atoms with Crippen molar-refractivity contribution in [2.75, 3.05) is 34.4 Å². The van der Waals surface area contributed by atoms with Crippen LogP contribution in [0.2, 0.25) is 0 Å². The zero-order valence-electron chi connectivity index (χ0n) is 14.4. The van der Waals surface area contributed by atoms with E-state index in [-0.39, 0.29) is 18.0 Å². The predicted molar refractivity (Wildman–Crippen MR) is 89.7 cm³/mol. The summed E-state index contributed by atoms with van der Waals surface area (Å²) >= 11 is 0. The molecular formula is C17H25N3O4. The van der Waals surface area contributed by atoms with Crippen molar-refractivity contribution in [2.24, 2.45) is 0 Å². The molecule has 2 N–H and O–H groups in total. The van der Waals surface area contributed by atoms with Gasteiger partial charge in [-0.05, 0) is 24.1 Å². The van der Waals surface area contributed by atoms with Gasteiger partial charge in [0.15, 0.2) is 0 Å². The van der Waals surface area contributed by atoms with Gasteiger partial charge < -0.3 is 25.0 Å². The van der Waals surface area contributed by atoms with Gasteiger partial charge in [0, 0.05) is 39.9 Å². The van der Waals surface area contributed by atoms with E-state index in [1.807, 2.05) is 12.1 Å². The number of nitrogens with one attached hydrogen (secondary N) is 1. The van der Waals surface area contributed by atoms with Crippen molar-refractivity contribution in [3.05, 3.63) is 35.4 Å². The molecule has 0 aromatic heterocycles. The maximum absolute atomic E-state index is 12.3. The Morgan fingerprint density at radius 2 is 2.00 bits per heavy atom. The number of rotatable bonds is 5. The van der Waals surface area contributed by atoms with E-state index in [1.165, 1.54) is 4.90 Å². The number of hydrogen-bond donors (Lipinski definition) is 2. The largest absolute Gasteiger partial charge is 0.391 e. The molecule has 132 valence electrons. The Labute approximate surface area is 142 Å². The minimum absolute atomic E-state index is 0.0564. The normalized spacial score (nSPS) is 20.1. The molecule has 3 amide bonds. The molecule has 1 aromatic rings. The summed E-state index contributed by atoms with van der Waals surface area (Å²) in [6.07, 6.45) is 0.0232. The van der Waals surface area contributed by atoms with E-state index in [9.17, 15) is 14.7 Å². The van der Waals surface area contributed by atoms with Crippen LogP contribution in [0, 0.1) is 0 Å². The van der Waals surface area contributed by atoms with E-state index in [1.54, 1.807) is 38.2 Å². The van der Waals surface area contributed by atoms with Gasteiger partial charge in [-0.1, -0.05) is 12.1 Å². The lowest BCUT2D eigenvalue weighted by molar-refractivity contribution is 0.0827. The molecule has 2 rings (SSSR count). The third-order valence-electron chi connectivity index (χ3n) is 4.06. The second-order valence-electron chi connectivity index (χ2n) is 6.21. The molecule has 1 aliphatic heterocycles. The zero-order valence-corrected chi connectivity index (χ0v) is 14.4. The number of urea groups is 1. The molecule has 1 fully saturated rings. The molecular weight excluding hydrogens is 310 g/mol. The molecule has 1 aromatic carbocycles. The monoisotopic (exact) mass is 335 g/mol. The van der Waals surface area contributed by atoms with Crippen LogP contribution in [0.1, 0.15) is 22.3 Å². The fourth-order valence-corrected chi connectivity index (χ4v) is 2.79. The number of benzene rings is 1. The van der Waals surface area contributed by atoms with E-state index >= 15 is 0 Å². The Kier molecular flexibility index (Phi) is 6.16. The van der Waals surface area contributed by atoms with Gasteiger partial charge >= 0.3 is 6.03 Å². The quantitative estimate of drug-likeness (QED) is 0.829. The first kappa shape index (κ1) is 18.2. The number of β-amino-alcohol motifs (C(OH)–C–C–N with tert-alkyl or cyclic N) is 1. The summed E-state index contributed by atoms with van der Waals surface area (Å²) in [4.78, 5) is 27.3. The molecule has 0 unspecified atom stereocenters. The molecule has 0 bridgehead atoms. The Morgan fingerprint density at radius 3 is 2.58 bits per heavy atom. The Morgan fingerprint density at radius 1 is 1.33 bits per heavy atom. The Hall–Kier alpha value is -2.12. The zero-order chi connectivity index (χ0) is 17.7. The van der Waals surface area contributed by atoms with Crippen LogP contribution in [0.25, 0.3) is 0 Å². The molecule has 0 saturated carbocycles. The van der Waals surface area contributed by atoms with Gasteiger partial charge in [0.1, 0.15) is 0 Å². The highest BCUT2D eigenvalue weighted by Gasteiger charge is 2.34. The summed E-state index contributed by atoms with van der Waals surface area (Å²) in [6.45, 7) is 1.09. The Bertz CT molecular complexity index is 574. The number of methoxy groups -OCH3 is 1. The first-order valence-corrected chi connectivity index (χ1v) is 7.94. The van der Waals surface area contributed by atoms with Crippen molar-refractivity contribution < 1.29 is 19.4 Å². The van der Waals surface area contributed by atoms with E-state index in [4.69, 9.17) is 4.74 Å². The second-order valence-corrected chi connectivity index (χ2v) is 6.21. The molecule has 24 heavy (non-hydrogen) atoms. The third kappa shape index (κ3) is 4.46. The van der Waals surface area contributed by atoms with Gasteiger partial charge in [0.2, 0.25) is 0 Å². The van der Waals surface area contributed by atoms with Crippen LogP contribution in [0.5, 0.6) is 0 Å². The van der Waals surface area contributed by atoms with Gasteiger partial charge in [-0.25, -0.2) is 4.79 Å². The number of aliphatic hydroxyl groups excluding tert-OH is 1. The van der Waals surface area contributed by atoms with Crippen LogP contribution in [0.15, 0.2) is 24.3 Å². The SMILES string of the molecule is COC[C@H]1C[C@@H](O)CN1C(=O)NCc1ccc(C(=O)N(C)C)cc1. The predicted octanol–water partition coefficient (Wildman–Crippen LogP) is 0.680. The van der Waals surface area contributed by atoms with Crippen molar-refractivity contribution in [3.8, 4) is 0 Å². The summed E-state index contributed by atoms with van der Waals surface area (Å²) in [7, 11) is 4.99. The molecule has 1 heterocycles. The molecule has 0 radical (unpaired) electrons. The molecule has 7 heteroatoms. The Balaban J connectivity index is 1.90. The number of likely N-dealkylation sites (tertiary alicyclic amines) is 1. The van der Waals surface area contributed by atoms with Gasteiger partial charge in [-0.2, -0.15) is 0 Å². The van der Waals surface area contributed by atoms with Gasteiger partial charge in [-0.3, -0.25) is 4.79 Å². The van der Waals surface area contributed by atoms with Gasteiger partial charge in [0.05, 0.1) is 18.8 Å². The molecule has 1 aliphatic rings. The second kappa shape index (κ2) is 8.12. The van der Waals surface area contributed by atoms with Crippen LogP contribution in [0.3, 0.4) is 0 Å². The van der Waals surface area contributed by atoms with Crippen LogP contribution < -0.4 is 5.32 Å². The number of amides is 3. The highest BCUT2D eigenvalue weighted by Crippen LogP contribution is 2.18. The number of ether oxygens (including phenoxy) is 1. The molecule has 1 saturated heterocycles. The standard InChI is InChI=1S/C17H25N3O4/c1-19(2)16(22)13-6-4-12(5-7-13)9-18-17(23)20-10-15(21)8-14(20)11-24-3/h4-7,14-15,21H,8-11H2,1-3H3,(H,18,23)/t14-,15-/m1/s1. The van der Waals surface area contributed by atoms with Crippen LogP contribution >= 0.6 is 0 Å². The van der Waals surface area contributed by atoms with E-state index in [2.05, 4.69) is 5.32 Å². The minimum Gasteiger partial charge on any atom is -0.391 e. The summed E-state index contributed by atoms with van der Waals surface area (Å²) in [6, 6.07) is 6.81. The first-order chi connectivity index (χ1) is 11.4. The van der Waals surface area contributed by atoms with Crippen LogP contribution in [0.4, 0.5) is 4.79 Å². The number of aliphatic hydroxyl groups is 1. The number of hydrogen-bond acceptors (Lipinski definition) is 4. The lowest BCUT2D eigenvalue weighted by Crippen LogP contribution is -2.44. The number of carbonyl (C=O) groups is 2. The van der Waals surface area contributed by atoms with Crippen molar-refractivity contribution >= 4 is 11.9 Å². The van der Waals surface area contributed by atoms with Crippen molar-refractivity contribution in [3.63, 3.8) is 0 Å². The van der Waals surface area contributed by atoms with Crippen molar-refractivity contribution in [2.45, 2.75) is 25.1 Å². The van der Waals surface area contributed by atoms with E-state index in [0.717, 1.165) is 5.56 Å². The lowest BCUT2D eigenvalue weighted by Gasteiger charge is -2.24. The molecule has 7 nitrogen and oxygen atoms in total. The summed E-state index contributed by atoms with van der Waals surface area (Å²) in [5, 5.41) is 12.6. The third-order valence-corrected chi connectivity index (χ3v) is 4.06. The molecule has 0 spiro atoms. The van der Waals surface area contributed by atoms with Crippen LogP contribution in [-0.4, -0.2) is 73.3 Å². The fraction of sp³-hybridized carbons (Fsp3) is 0.529. The highest BCUT2D eigenvalue weighted by atomic mass is 16.5. The summed E-state index contributed by atoms with van der Waals surface area (Å²) in [5.74, 6) is -0.0564. The first-order valence-electron chi connectivity index (χ1n) is 7.94. The average Bonchev–Trinajstić information content (AvgIpc) is 2.93. The maximum atomic E-state index is 12.3. The van der Waals surface area contributed by atoms with Gasteiger partial charge in [0.25, 0.3) is 5.91 Å². The molecule has 0 aliphatic carbocycles. The van der Waals surface area contributed by atoms with Crippen LogP contribution in [-0.2, 0) is 11.3 Å². The van der Waals surface area contributed by atoms with Crippen molar-refractivity contribution in [1.29, 1.82) is 0 Å². The smallest absolute Gasteiger partial charge is 0.318 e. The van der Waals surface area contributed by atoms with E-state index in [0.29, 0.717) is 31.7 Å². The molecule has 2 atom stereocenters. The highest BCUT2D eigenvalue weighted by molar-refractivity contribution is 5.93. The van der Waals surface area contributed by atoms with E-state index < -0.39 is 6.10 Å². The summed E-state index contributed by atoms with van der Waals surface area (Å²) in [5.41, 5.74) is 1.51. The fourth-order valence-electron chi connectivity index (χ4n) is 2.79. The lowest BCUT2D eigenvalue weighted by atomic mass is 10.1.